The highest BCUT2D eigenvalue weighted by molar-refractivity contribution is 5.75. The van der Waals surface area contributed by atoms with Crippen molar-refractivity contribution in [2.24, 2.45) is 41.2 Å². The van der Waals surface area contributed by atoms with Crippen LogP contribution in [0.1, 0.15) is 128 Å². The maximum Gasteiger partial charge on any atom is 0.213 e. The van der Waals surface area contributed by atoms with Crippen molar-refractivity contribution in [3.63, 3.8) is 0 Å². The highest BCUT2D eigenvalue weighted by atomic mass is 14.9. The quantitative estimate of drug-likeness (QED) is 0.0912. The Morgan fingerprint density at radius 3 is 0.843 bits per heavy atom. The minimum Gasteiger partial charge on any atom is -0.201 e. The van der Waals surface area contributed by atoms with E-state index < -0.39 is 0 Å². The van der Waals surface area contributed by atoms with E-state index in [2.05, 4.69) is 469 Å². The van der Waals surface area contributed by atoms with Gasteiger partial charge in [0, 0.05) is 88.5 Å². The molecule has 0 aliphatic heterocycles. The monoisotopic (exact) mass is 1510 g/mol. The molecule has 15 aromatic rings. The van der Waals surface area contributed by atoms with Crippen LogP contribution in [0.25, 0.3) is 112 Å². The average Bonchev–Trinajstić information content (AvgIpc) is 1.15. The van der Waals surface area contributed by atoms with E-state index >= 15 is 0 Å². The van der Waals surface area contributed by atoms with Gasteiger partial charge in [-0.05, 0) is 221 Å². The highest BCUT2D eigenvalue weighted by Gasteiger charge is 2.22. The lowest BCUT2D eigenvalue weighted by molar-refractivity contribution is -0.660. The van der Waals surface area contributed by atoms with E-state index in [1.807, 2.05) is 0 Å². The van der Waals surface area contributed by atoms with Crippen LogP contribution in [0.3, 0.4) is 0 Å². The predicted octanol–water partition coefficient (Wildman–Crippen LogP) is 25.6. The molecule has 0 saturated heterocycles. The summed E-state index contributed by atoms with van der Waals surface area (Å²) in [6.45, 7) is 24.1. The van der Waals surface area contributed by atoms with Crippen LogP contribution in [0.15, 0.2) is 334 Å². The molecule has 578 valence electrons. The van der Waals surface area contributed by atoms with E-state index in [0.717, 1.165) is 18.8 Å². The zero-order valence-electron chi connectivity index (χ0n) is 71.0. The van der Waals surface area contributed by atoms with Crippen molar-refractivity contribution in [2.75, 3.05) is 0 Å². The highest BCUT2D eigenvalue weighted by Crippen LogP contribution is 2.37. The lowest BCUT2D eigenvalue weighted by Gasteiger charge is -2.11. The molecule has 0 N–H and O–H groups in total. The third-order valence-corrected chi connectivity index (χ3v) is 22.8. The van der Waals surface area contributed by atoms with E-state index in [1.165, 1.54) is 193 Å². The second kappa shape index (κ2) is 39.1. The van der Waals surface area contributed by atoms with E-state index in [-0.39, 0.29) is 0 Å². The normalized spacial score (nSPS) is 11.7. The molecule has 5 heteroatoms. The van der Waals surface area contributed by atoms with Gasteiger partial charge in [-0.2, -0.15) is 0 Å². The summed E-state index contributed by atoms with van der Waals surface area (Å²) in [6, 6.07) is 110. The van der Waals surface area contributed by atoms with Crippen molar-refractivity contribution in [1.29, 1.82) is 0 Å². The summed E-state index contributed by atoms with van der Waals surface area (Å²) >= 11 is 0. The molecular weight excluding hydrogens is 1390 g/mol. The largest absolute Gasteiger partial charge is 0.213 e. The zero-order chi connectivity index (χ0) is 81.1. The first kappa shape index (κ1) is 82.4. The Morgan fingerprint density at radius 1 is 0.278 bits per heavy atom. The number of rotatable bonds is 15. The predicted molar refractivity (Wildman–Crippen MR) is 484 cm³/mol. The smallest absolute Gasteiger partial charge is 0.201 e. The zero-order valence-corrected chi connectivity index (χ0v) is 71.0. The van der Waals surface area contributed by atoms with Crippen LogP contribution in [-0.2, 0) is 48.1 Å². The molecule has 1 aliphatic rings. The molecule has 10 aromatic carbocycles. The molecule has 5 heterocycles. The Hall–Kier alpha value is -12.1. The summed E-state index contributed by atoms with van der Waals surface area (Å²) in [6.07, 6.45) is 18.5. The van der Waals surface area contributed by atoms with Crippen molar-refractivity contribution in [1.82, 2.24) is 0 Å². The molecule has 0 unspecified atom stereocenters. The van der Waals surface area contributed by atoms with Gasteiger partial charge in [-0.25, -0.2) is 22.8 Å². The Labute approximate surface area is 688 Å². The molecule has 0 amide bonds. The van der Waals surface area contributed by atoms with Crippen molar-refractivity contribution < 1.29 is 22.8 Å². The molecule has 5 aromatic heterocycles. The summed E-state index contributed by atoms with van der Waals surface area (Å²) in [4.78, 5) is 0. The second-order valence-electron chi connectivity index (χ2n) is 32.2. The topological polar surface area (TPSA) is 19.4 Å². The SMILES string of the molecule is CCc1ccc(-c2cc[n+](C)c(-c3ccccc3C)c2)cc1.Cc1cccc(-c2cc[n+](C)c(-c3ccccc3C)c2)c1.Cc1ccccc1-c1cc(-c2ccc(C(C)C)cc2)cc[n+]1C.Cc1ccccc1-c1cc(-c2ccc(C3CCCC3)cc2)cc[n+]1C.Cc1ccccc1-c1cc(-c2ccc(CC(C)C)cc2)cc[n+]1C. The first-order valence-electron chi connectivity index (χ1n) is 41.4. The van der Waals surface area contributed by atoms with Gasteiger partial charge in [0.1, 0.15) is 35.2 Å². The van der Waals surface area contributed by atoms with Crippen LogP contribution in [0.4, 0.5) is 0 Å². The number of pyridine rings is 5. The minimum atomic E-state index is 0.570. The number of aryl methyl sites for hydroxylation is 12. The first-order chi connectivity index (χ1) is 55.7. The van der Waals surface area contributed by atoms with Gasteiger partial charge in [-0.3, -0.25) is 0 Å². The standard InChI is InChI=1S/C24H26N.C23H26N.C22H24N.C21H22N.C20H20N/c1-18-7-3-6-10-23(18)24-17-22(15-16-25(24)2)21-13-11-20(12-14-21)19-8-4-5-9-19;1-17(2)15-19-9-11-20(12-10-19)21-13-14-24(4)23(16-21)22-8-6-5-7-18(22)3;1-16(2)18-9-11-19(12-10-18)20-13-14-23(4)22(15-20)21-8-6-5-7-17(21)3;1-4-17-9-11-18(12-10-17)19-13-14-22(3)21(15-19)20-8-6-5-7-16(20)2;1-15-7-6-9-17(13-15)18-11-12-21(3)20(14-18)19-10-5-4-8-16(19)2/h3,6-7,10-17,19H,4-5,8-9H2,1-2H3;5-14,16-17H,15H2,1-4H3;5-16H,1-4H3;5-15H,4H2,1-3H3;4-14H,1-3H3/q5*+1. The Bertz CT molecular complexity index is 5740. The van der Waals surface area contributed by atoms with Crippen molar-refractivity contribution >= 4 is 0 Å². The number of hydrogen-bond acceptors (Lipinski definition) is 0. The fraction of sp³-hybridized carbons (Fsp3) is 0.227. The van der Waals surface area contributed by atoms with Gasteiger partial charge >= 0.3 is 0 Å². The van der Waals surface area contributed by atoms with Crippen LogP contribution in [0.5, 0.6) is 0 Å². The maximum absolute atomic E-state index is 2.34. The molecule has 0 atom stereocenters. The van der Waals surface area contributed by atoms with Gasteiger partial charge in [0.25, 0.3) is 0 Å². The van der Waals surface area contributed by atoms with Crippen LogP contribution in [0, 0.1) is 47.5 Å². The van der Waals surface area contributed by atoms with Crippen LogP contribution < -0.4 is 22.8 Å². The summed E-state index contributed by atoms with van der Waals surface area (Å²) < 4.78 is 11.0. The first-order valence-corrected chi connectivity index (χ1v) is 41.4. The maximum atomic E-state index is 2.34. The van der Waals surface area contributed by atoms with Crippen molar-refractivity contribution in [3.8, 4) is 112 Å². The number of hydrogen-bond donors (Lipinski definition) is 0. The summed E-state index contributed by atoms with van der Waals surface area (Å²) in [7, 11) is 10.5. The molecule has 1 fully saturated rings. The summed E-state index contributed by atoms with van der Waals surface area (Å²) in [5, 5.41) is 0. The molecule has 5 nitrogen and oxygen atoms in total. The van der Waals surface area contributed by atoms with E-state index in [1.54, 1.807) is 0 Å². The van der Waals surface area contributed by atoms with Crippen LogP contribution in [0.2, 0.25) is 0 Å². The molecule has 0 bridgehead atoms. The summed E-state index contributed by atoms with van der Waals surface area (Å²) in [5.41, 5.74) is 38.9. The lowest BCUT2D eigenvalue weighted by atomic mass is 9.94. The van der Waals surface area contributed by atoms with Gasteiger partial charge in [-0.15, -0.1) is 0 Å². The molecule has 1 aliphatic carbocycles. The fourth-order valence-electron chi connectivity index (χ4n) is 15.7. The van der Waals surface area contributed by atoms with Crippen LogP contribution in [-0.4, -0.2) is 0 Å². The van der Waals surface area contributed by atoms with Gasteiger partial charge < -0.3 is 0 Å². The Balaban J connectivity index is 0.000000133. The lowest BCUT2D eigenvalue weighted by Crippen LogP contribution is -2.30. The second-order valence-corrected chi connectivity index (χ2v) is 32.2. The van der Waals surface area contributed by atoms with Gasteiger partial charge in [0.2, 0.25) is 28.5 Å². The molecular formula is C110H118N5+5. The number of aromatic nitrogens is 5. The third kappa shape index (κ3) is 21.2. The van der Waals surface area contributed by atoms with Crippen molar-refractivity contribution in [2.45, 2.75) is 127 Å². The van der Waals surface area contributed by atoms with E-state index in [0.29, 0.717) is 11.8 Å². The van der Waals surface area contributed by atoms with Gasteiger partial charge in [-0.1, -0.05) is 265 Å². The average molecular weight is 1510 g/mol. The molecule has 0 spiro atoms. The molecule has 0 radical (unpaired) electrons. The van der Waals surface area contributed by atoms with Crippen LogP contribution >= 0.6 is 0 Å². The number of benzene rings is 10. The molecule has 16 rings (SSSR count). The van der Waals surface area contributed by atoms with Gasteiger partial charge in [0.05, 0.1) is 0 Å². The van der Waals surface area contributed by atoms with Crippen molar-refractivity contribution in [3.05, 3.63) is 390 Å². The fourth-order valence-corrected chi connectivity index (χ4v) is 15.7. The Morgan fingerprint density at radius 2 is 0.557 bits per heavy atom. The summed E-state index contributed by atoms with van der Waals surface area (Å²) in [5.74, 6) is 2.05. The van der Waals surface area contributed by atoms with E-state index in [4.69, 9.17) is 0 Å². The Kier molecular flexibility index (Phi) is 28.0. The third-order valence-electron chi connectivity index (χ3n) is 22.8. The van der Waals surface area contributed by atoms with E-state index in [9.17, 15) is 0 Å². The molecule has 1 saturated carbocycles. The molecule has 115 heavy (non-hydrogen) atoms. The number of nitrogens with zero attached hydrogens (tertiary/aromatic N) is 5. The minimum absolute atomic E-state index is 0.570. The van der Waals surface area contributed by atoms with Gasteiger partial charge in [0.15, 0.2) is 31.0 Å².